The number of nitrogens with one attached hydrogen (secondary N) is 1. The fourth-order valence-electron chi connectivity index (χ4n) is 2.11. The lowest BCUT2D eigenvalue weighted by molar-refractivity contribution is 0.219. The van der Waals surface area contributed by atoms with Gasteiger partial charge in [-0.2, -0.15) is 12.7 Å². The van der Waals surface area contributed by atoms with Gasteiger partial charge < -0.3 is 0 Å². The summed E-state index contributed by atoms with van der Waals surface area (Å²) in [5, 5.41) is 0. The molecule has 0 saturated heterocycles. The average molecular weight is 299 g/mol. The predicted molar refractivity (Wildman–Crippen MR) is 82.7 cm³/mol. The minimum absolute atomic E-state index is 0.0425. The summed E-state index contributed by atoms with van der Waals surface area (Å²) in [6.45, 7) is 6.28. The zero-order chi connectivity index (χ0) is 15.2. The molecule has 0 aliphatic rings. The molecule has 1 N–H and O–H groups in total. The largest absolute Gasteiger partial charge is 0.296 e. The number of nitrogens with zero attached hydrogens (tertiary/aromatic N) is 2. The van der Waals surface area contributed by atoms with Gasteiger partial charge in [0.2, 0.25) is 0 Å². The van der Waals surface area contributed by atoms with E-state index in [4.69, 9.17) is 0 Å². The lowest BCUT2D eigenvalue weighted by atomic mass is 10.1. The van der Waals surface area contributed by atoms with E-state index in [1.54, 1.807) is 0 Å². The second kappa shape index (κ2) is 7.73. The van der Waals surface area contributed by atoms with E-state index in [0.717, 1.165) is 18.7 Å². The van der Waals surface area contributed by atoms with E-state index in [9.17, 15) is 8.42 Å². The Balaban J connectivity index is 2.90. The van der Waals surface area contributed by atoms with Crippen molar-refractivity contribution in [1.82, 2.24) is 13.9 Å². The van der Waals surface area contributed by atoms with Crippen LogP contribution in [-0.4, -0.2) is 51.4 Å². The van der Waals surface area contributed by atoms with Crippen LogP contribution in [0.25, 0.3) is 0 Å². The van der Waals surface area contributed by atoms with Crippen molar-refractivity contribution in [3.05, 3.63) is 35.9 Å². The monoisotopic (exact) mass is 299 g/mol. The molecule has 0 radical (unpaired) electrons. The van der Waals surface area contributed by atoms with Crippen LogP contribution in [0, 0.1) is 0 Å². The van der Waals surface area contributed by atoms with Crippen LogP contribution >= 0.6 is 0 Å². The molecule has 0 aliphatic heterocycles. The van der Waals surface area contributed by atoms with E-state index in [0.29, 0.717) is 6.54 Å². The zero-order valence-corrected chi connectivity index (χ0v) is 13.5. The molecule has 1 rings (SSSR count). The molecule has 0 aliphatic carbocycles. The first-order chi connectivity index (χ1) is 9.42. The van der Waals surface area contributed by atoms with Crippen LogP contribution in [0.4, 0.5) is 0 Å². The second-order valence-corrected chi connectivity index (χ2v) is 6.75. The molecule has 0 aromatic heterocycles. The SMILES string of the molecule is CCN(CC)C(CNS(=O)(=O)N(C)C)c1ccccc1. The Morgan fingerprint density at radius 1 is 1.10 bits per heavy atom. The molecule has 0 spiro atoms. The molecular formula is C14H25N3O2S. The summed E-state index contributed by atoms with van der Waals surface area (Å²) < 4.78 is 27.6. The van der Waals surface area contributed by atoms with Crippen LogP contribution < -0.4 is 4.72 Å². The van der Waals surface area contributed by atoms with E-state index in [-0.39, 0.29) is 6.04 Å². The van der Waals surface area contributed by atoms with E-state index >= 15 is 0 Å². The summed E-state index contributed by atoms with van der Waals surface area (Å²) in [7, 11) is -0.344. The predicted octanol–water partition coefficient (Wildman–Crippen LogP) is 1.47. The Labute approximate surface area is 122 Å². The van der Waals surface area contributed by atoms with Crippen molar-refractivity contribution < 1.29 is 8.42 Å². The maximum atomic E-state index is 11.9. The topological polar surface area (TPSA) is 52.7 Å². The molecule has 0 bridgehead atoms. The second-order valence-electron chi connectivity index (χ2n) is 4.78. The smallest absolute Gasteiger partial charge is 0.278 e. The normalized spacial score (nSPS) is 13.9. The third kappa shape index (κ3) is 4.56. The molecule has 1 aromatic rings. The van der Waals surface area contributed by atoms with Gasteiger partial charge in [0, 0.05) is 26.7 Å². The van der Waals surface area contributed by atoms with Crippen molar-refractivity contribution in [3.8, 4) is 0 Å². The van der Waals surface area contributed by atoms with E-state index in [1.165, 1.54) is 18.4 Å². The molecular weight excluding hydrogens is 274 g/mol. The average Bonchev–Trinajstić information content (AvgIpc) is 2.44. The Hall–Kier alpha value is -0.950. The first-order valence-corrected chi connectivity index (χ1v) is 8.32. The molecule has 20 heavy (non-hydrogen) atoms. The molecule has 1 unspecified atom stereocenters. The minimum atomic E-state index is -3.39. The van der Waals surface area contributed by atoms with Crippen LogP contribution in [0.1, 0.15) is 25.5 Å². The van der Waals surface area contributed by atoms with Gasteiger partial charge in [-0.15, -0.1) is 0 Å². The maximum Gasteiger partial charge on any atom is 0.278 e. The van der Waals surface area contributed by atoms with Crippen molar-refractivity contribution in [3.63, 3.8) is 0 Å². The first kappa shape index (κ1) is 17.1. The highest BCUT2D eigenvalue weighted by Crippen LogP contribution is 2.19. The summed E-state index contributed by atoms with van der Waals surface area (Å²) in [5.74, 6) is 0. The van der Waals surface area contributed by atoms with Crippen molar-refractivity contribution in [2.75, 3.05) is 33.7 Å². The molecule has 5 nitrogen and oxygen atoms in total. The minimum Gasteiger partial charge on any atom is -0.296 e. The lowest BCUT2D eigenvalue weighted by Crippen LogP contribution is -2.42. The number of likely N-dealkylation sites (N-methyl/N-ethyl adjacent to an activating group) is 1. The highest BCUT2D eigenvalue weighted by atomic mass is 32.2. The van der Waals surface area contributed by atoms with Crippen LogP contribution in [0.15, 0.2) is 30.3 Å². The Kier molecular flexibility index (Phi) is 6.61. The number of rotatable bonds is 8. The molecule has 114 valence electrons. The Morgan fingerprint density at radius 2 is 1.65 bits per heavy atom. The summed E-state index contributed by atoms with van der Waals surface area (Å²) >= 11 is 0. The lowest BCUT2D eigenvalue weighted by Gasteiger charge is -2.30. The van der Waals surface area contributed by atoms with Gasteiger partial charge in [-0.3, -0.25) is 4.90 Å². The van der Waals surface area contributed by atoms with Crippen LogP contribution in [0.5, 0.6) is 0 Å². The number of benzene rings is 1. The van der Waals surface area contributed by atoms with Gasteiger partial charge in [-0.1, -0.05) is 44.2 Å². The van der Waals surface area contributed by atoms with Crippen LogP contribution in [0.2, 0.25) is 0 Å². The molecule has 0 fully saturated rings. The summed E-state index contributed by atoms with van der Waals surface area (Å²) in [6.07, 6.45) is 0. The van der Waals surface area contributed by atoms with Crippen molar-refractivity contribution in [2.24, 2.45) is 0 Å². The quantitative estimate of drug-likeness (QED) is 0.791. The Bertz CT molecular complexity index is 484. The number of hydrogen-bond acceptors (Lipinski definition) is 3. The Morgan fingerprint density at radius 3 is 2.10 bits per heavy atom. The van der Waals surface area contributed by atoms with Crippen LogP contribution in [0.3, 0.4) is 0 Å². The first-order valence-electron chi connectivity index (χ1n) is 6.88. The standard InChI is InChI=1S/C14H25N3O2S/c1-5-17(6-2)14(13-10-8-7-9-11-13)12-15-20(18,19)16(3)4/h7-11,14-15H,5-6,12H2,1-4H3. The maximum absolute atomic E-state index is 11.9. The van der Waals surface area contributed by atoms with Crippen molar-refractivity contribution >= 4 is 10.2 Å². The van der Waals surface area contributed by atoms with Gasteiger partial charge in [0.1, 0.15) is 0 Å². The fourth-order valence-corrected chi connectivity index (χ4v) is 2.74. The van der Waals surface area contributed by atoms with E-state index < -0.39 is 10.2 Å². The fraction of sp³-hybridized carbons (Fsp3) is 0.571. The molecule has 0 amide bonds. The number of hydrogen-bond donors (Lipinski definition) is 1. The van der Waals surface area contributed by atoms with Gasteiger partial charge in [0.25, 0.3) is 10.2 Å². The molecule has 0 heterocycles. The van der Waals surface area contributed by atoms with E-state index in [1.807, 2.05) is 30.3 Å². The molecule has 1 aromatic carbocycles. The summed E-state index contributed by atoms with van der Waals surface area (Å²) in [6, 6.07) is 10.0. The third-order valence-corrected chi connectivity index (χ3v) is 4.87. The molecule has 6 heteroatoms. The van der Waals surface area contributed by atoms with E-state index in [2.05, 4.69) is 23.5 Å². The third-order valence-electron chi connectivity index (χ3n) is 3.38. The van der Waals surface area contributed by atoms with Gasteiger partial charge in [0.15, 0.2) is 0 Å². The van der Waals surface area contributed by atoms with Crippen molar-refractivity contribution in [1.29, 1.82) is 0 Å². The van der Waals surface area contributed by atoms with Crippen LogP contribution in [-0.2, 0) is 10.2 Å². The van der Waals surface area contributed by atoms with Gasteiger partial charge in [-0.05, 0) is 18.7 Å². The highest BCUT2D eigenvalue weighted by Gasteiger charge is 2.21. The zero-order valence-electron chi connectivity index (χ0n) is 12.7. The van der Waals surface area contributed by atoms with Gasteiger partial charge in [-0.25, -0.2) is 4.72 Å². The highest BCUT2D eigenvalue weighted by molar-refractivity contribution is 7.87. The van der Waals surface area contributed by atoms with Gasteiger partial charge >= 0.3 is 0 Å². The van der Waals surface area contributed by atoms with Gasteiger partial charge in [0.05, 0.1) is 0 Å². The summed E-state index contributed by atoms with van der Waals surface area (Å²) in [4.78, 5) is 2.24. The molecule has 0 saturated carbocycles. The molecule has 1 atom stereocenters. The van der Waals surface area contributed by atoms with Crippen molar-refractivity contribution in [2.45, 2.75) is 19.9 Å². The summed E-state index contributed by atoms with van der Waals surface area (Å²) in [5.41, 5.74) is 1.12.